The number of aliphatic hydroxyl groups is 1. The molecule has 0 aromatic rings. The van der Waals surface area contributed by atoms with Crippen molar-refractivity contribution < 1.29 is 24.1 Å². The Hall–Kier alpha value is -1.61. The predicted molar refractivity (Wildman–Crippen MR) is 96.9 cm³/mol. The van der Waals surface area contributed by atoms with Gasteiger partial charge in [-0.25, -0.2) is 4.79 Å². The van der Waals surface area contributed by atoms with Crippen molar-refractivity contribution in [2.75, 3.05) is 6.61 Å². The number of carbonyl (C=O) groups excluding carboxylic acids is 1. The molecule has 2 aliphatic carbocycles. The molecule has 5 nitrogen and oxygen atoms in total. The molecule has 26 heavy (non-hydrogen) atoms. The minimum atomic E-state index is -1.27. The summed E-state index contributed by atoms with van der Waals surface area (Å²) in [5.41, 5.74) is -0.422. The molecule has 2 fully saturated rings. The molecule has 0 bridgehead atoms. The molecule has 5 heteroatoms. The van der Waals surface area contributed by atoms with E-state index in [2.05, 4.69) is 11.8 Å². The highest BCUT2D eigenvalue weighted by Crippen LogP contribution is 2.70. The summed E-state index contributed by atoms with van der Waals surface area (Å²) >= 11 is 0. The number of hydrogen-bond donors (Lipinski definition) is 1. The minimum absolute atomic E-state index is 0.0101. The van der Waals surface area contributed by atoms with Crippen LogP contribution in [0.5, 0.6) is 0 Å². The molecule has 0 radical (unpaired) electrons. The Morgan fingerprint density at radius 1 is 1.42 bits per heavy atom. The third-order valence-corrected chi connectivity index (χ3v) is 6.00. The van der Waals surface area contributed by atoms with Gasteiger partial charge in [0.05, 0.1) is 18.8 Å². The summed E-state index contributed by atoms with van der Waals surface area (Å²) in [5, 5.41) is 11.4. The fourth-order valence-corrected chi connectivity index (χ4v) is 4.17. The summed E-state index contributed by atoms with van der Waals surface area (Å²) in [6, 6.07) is 0. The van der Waals surface area contributed by atoms with Crippen LogP contribution in [0.25, 0.3) is 0 Å². The summed E-state index contributed by atoms with van der Waals surface area (Å²) in [6.45, 7) is 11.7. The second-order valence-electron chi connectivity index (χ2n) is 7.91. The van der Waals surface area contributed by atoms with Crippen LogP contribution < -0.4 is 0 Å². The first-order valence-corrected chi connectivity index (χ1v) is 9.24. The average Bonchev–Trinajstić information content (AvgIpc) is 3.18. The third kappa shape index (κ3) is 2.81. The Morgan fingerprint density at radius 3 is 2.62 bits per heavy atom. The van der Waals surface area contributed by atoms with Gasteiger partial charge in [0.15, 0.2) is 11.4 Å². The molecule has 1 saturated heterocycles. The summed E-state index contributed by atoms with van der Waals surface area (Å²) in [7, 11) is 0. The van der Waals surface area contributed by atoms with E-state index in [1.807, 2.05) is 33.8 Å². The zero-order valence-electron chi connectivity index (χ0n) is 16.4. The van der Waals surface area contributed by atoms with E-state index in [9.17, 15) is 9.90 Å². The zero-order chi connectivity index (χ0) is 19.3. The van der Waals surface area contributed by atoms with Crippen LogP contribution in [0.15, 0.2) is 23.3 Å². The molecule has 5 atom stereocenters. The van der Waals surface area contributed by atoms with E-state index in [0.29, 0.717) is 12.2 Å². The SMILES string of the molecule is CCOC(=O)C=C(C)C#CC1(O)C(C)=CC2(OC(C)C(C)O2)C2CC21C. The second kappa shape index (κ2) is 6.23. The first kappa shape index (κ1) is 19.2. The molecule has 5 unspecified atom stereocenters. The van der Waals surface area contributed by atoms with E-state index in [1.54, 1.807) is 13.8 Å². The van der Waals surface area contributed by atoms with Gasteiger partial charge in [0, 0.05) is 23.0 Å². The maximum atomic E-state index is 11.5. The quantitative estimate of drug-likeness (QED) is 0.355. The Labute approximate surface area is 155 Å². The van der Waals surface area contributed by atoms with E-state index in [-0.39, 0.29) is 18.1 Å². The number of carbonyl (C=O) groups is 1. The molecule has 1 heterocycles. The molecular formula is C21H28O5. The first-order valence-electron chi connectivity index (χ1n) is 9.24. The lowest BCUT2D eigenvalue weighted by atomic mass is 9.73. The van der Waals surface area contributed by atoms with Gasteiger partial charge < -0.3 is 19.3 Å². The van der Waals surface area contributed by atoms with Crippen LogP contribution in [0, 0.1) is 23.2 Å². The van der Waals surface area contributed by atoms with Gasteiger partial charge in [-0.1, -0.05) is 18.8 Å². The van der Waals surface area contributed by atoms with Crippen LogP contribution in [0.1, 0.15) is 48.0 Å². The molecule has 1 saturated carbocycles. The van der Waals surface area contributed by atoms with Crippen molar-refractivity contribution in [1.82, 2.24) is 0 Å². The van der Waals surface area contributed by atoms with Gasteiger partial charge in [-0.15, -0.1) is 0 Å². The molecular weight excluding hydrogens is 332 g/mol. The molecule has 0 amide bonds. The molecule has 3 aliphatic rings. The third-order valence-electron chi connectivity index (χ3n) is 6.00. The number of allylic oxidation sites excluding steroid dienone is 1. The van der Waals surface area contributed by atoms with Crippen molar-refractivity contribution in [3.05, 3.63) is 23.3 Å². The van der Waals surface area contributed by atoms with Gasteiger partial charge in [0.1, 0.15) is 0 Å². The number of hydrogen-bond acceptors (Lipinski definition) is 5. The van der Waals surface area contributed by atoms with E-state index in [1.165, 1.54) is 6.08 Å². The van der Waals surface area contributed by atoms with E-state index in [4.69, 9.17) is 14.2 Å². The lowest BCUT2D eigenvalue weighted by molar-refractivity contribution is -0.171. The summed E-state index contributed by atoms with van der Waals surface area (Å²) in [6.07, 6.45) is 4.03. The molecule has 0 aromatic heterocycles. The van der Waals surface area contributed by atoms with E-state index >= 15 is 0 Å². The number of rotatable bonds is 2. The van der Waals surface area contributed by atoms with Crippen LogP contribution in [0.3, 0.4) is 0 Å². The number of ether oxygens (including phenoxy) is 3. The highest BCUT2D eigenvalue weighted by atomic mass is 16.8. The molecule has 1 aliphatic heterocycles. The second-order valence-corrected chi connectivity index (χ2v) is 7.91. The highest BCUT2D eigenvalue weighted by molar-refractivity contribution is 5.83. The summed E-state index contributed by atoms with van der Waals surface area (Å²) in [4.78, 5) is 11.5. The maximum Gasteiger partial charge on any atom is 0.331 e. The maximum absolute atomic E-state index is 11.5. The fraction of sp³-hybridized carbons (Fsp3) is 0.667. The van der Waals surface area contributed by atoms with Crippen molar-refractivity contribution in [2.24, 2.45) is 11.3 Å². The smallest absolute Gasteiger partial charge is 0.331 e. The first-order chi connectivity index (χ1) is 12.1. The summed E-state index contributed by atoms with van der Waals surface area (Å²) < 4.78 is 17.2. The van der Waals surface area contributed by atoms with Crippen LogP contribution in [-0.4, -0.2) is 41.3 Å². The van der Waals surface area contributed by atoms with Gasteiger partial charge in [-0.3, -0.25) is 0 Å². The molecule has 1 spiro atoms. The van der Waals surface area contributed by atoms with Crippen LogP contribution in [0.2, 0.25) is 0 Å². The molecule has 3 rings (SSSR count). The number of esters is 1. The van der Waals surface area contributed by atoms with Crippen LogP contribution in [0.4, 0.5) is 0 Å². The predicted octanol–water partition coefficient (Wildman–Crippen LogP) is 2.74. The van der Waals surface area contributed by atoms with Gasteiger partial charge in [-0.05, 0) is 52.7 Å². The Kier molecular flexibility index (Phi) is 4.59. The van der Waals surface area contributed by atoms with Gasteiger partial charge >= 0.3 is 5.97 Å². The Bertz CT molecular complexity index is 729. The Morgan fingerprint density at radius 2 is 2.04 bits per heavy atom. The molecule has 1 N–H and O–H groups in total. The lowest BCUT2D eigenvalue weighted by Crippen LogP contribution is -2.49. The van der Waals surface area contributed by atoms with Crippen molar-refractivity contribution in [2.45, 2.75) is 71.6 Å². The molecule has 142 valence electrons. The van der Waals surface area contributed by atoms with E-state index < -0.39 is 22.8 Å². The van der Waals surface area contributed by atoms with E-state index in [0.717, 1.165) is 12.0 Å². The van der Waals surface area contributed by atoms with Gasteiger partial charge in [0.25, 0.3) is 0 Å². The van der Waals surface area contributed by atoms with Crippen molar-refractivity contribution >= 4 is 5.97 Å². The van der Waals surface area contributed by atoms with Crippen molar-refractivity contribution in [3.63, 3.8) is 0 Å². The fourth-order valence-electron chi connectivity index (χ4n) is 4.17. The highest BCUT2D eigenvalue weighted by Gasteiger charge is 2.75. The summed E-state index contributed by atoms with van der Waals surface area (Å²) in [5.74, 6) is 4.80. The topological polar surface area (TPSA) is 65.0 Å². The van der Waals surface area contributed by atoms with Crippen molar-refractivity contribution in [3.8, 4) is 11.8 Å². The zero-order valence-corrected chi connectivity index (χ0v) is 16.4. The van der Waals surface area contributed by atoms with Gasteiger partial charge in [0.2, 0.25) is 0 Å². The minimum Gasteiger partial charge on any atom is -0.463 e. The van der Waals surface area contributed by atoms with Crippen LogP contribution >= 0.6 is 0 Å². The Balaban J connectivity index is 1.90. The van der Waals surface area contributed by atoms with Gasteiger partial charge in [-0.2, -0.15) is 0 Å². The largest absolute Gasteiger partial charge is 0.463 e. The molecule has 0 aromatic carbocycles. The lowest BCUT2D eigenvalue weighted by Gasteiger charge is -2.41. The standard InChI is InChI=1S/C21H28O5/c1-7-24-18(22)10-13(2)8-9-20(23)14(3)11-21(17-12-19(17,20)6)25-15(4)16(5)26-21/h10-11,15-17,23H,7,12H2,1-6H3. The van der Waals surface area contributed by atoms with Crippen molar-refractivity contribution in [1.29, 1.82) is 0 Å². The average molecular weight is 360 g/mol. The van der Waals surface area contributed by atoms with Crippen LogP contribution in [-0.2, 0) is 19.0 Å². The monoisotopic (exact) mass is 360 g/mol. The number of fused-ring (bicyclic) bond motifs is 2. The normalized spacial score (nSPS) is 44.0.